The number of sulfonamides is 1. The first kappa shape index (κ1) is 21.8. The number of fused-ring (bicyclic) bond motifs is 1. The average Bonchev–Trinajstić information content (AvgIpc) is 2.97. The minimum absolute atomic E-state index is 0.159. The number of primary amides is 1. The van der Waals surface area contributed by atoms with Gasteiger partial charge in [0.15, 0.2) is 0 Å². The fraction of sp³-hybridized carbons (Fsp3) is 0.261. The third-order valence-corrected chi connectivity index (χ3v) is 6.65. The van der Waals surface area contributed by atoms with E-state index >= 15 is 0 Å². The first-order valence-electron chi connectivity index (χ1n) is 9.61. The second-order valence-electron chi connectivity index (χ2n) is 8.06. The SMILES string of the molecule is C=CS(=O)(=O)NC(C)(C)c1cccc(-c2ccc(CC(N)=O)c3[nH]c(C)c(C)c23)c1. The largest absolute Gasteiger partial charge is 0.369 e. The fourth-order valence-corrected chi connectivity index (χ4v) is 4.67. The molecule has 30 heavy (non-hydrogen) atoms. The fourth-order valence-electron chi connectivity index (χ4n) is 3.75. The summed E-state index contributed by atoms with van der Waals surface area (Å²) in [5.74, 6) is -0.382. The van der Waals surface area contributed by atoms with Gasteiger partial charge in [0, 0.05) is 16.5 Å². The van der Waals surface area contributed by atoms with Crippen LogP contribution in [0.15, 0.2) is 48.4 Å². The highest BCUT2D eigenvalue weighted by Crippen LogP contribution is 2.36. The van der Waals surface area contributed by atoms with Gasteiger partial charge < -0.3 is 10.7 Å². The van der Waals surface area contributed by atoms with Crippen molar-refractivity contribution in [3.63, 3.8) is 0 Å². The van der Waals surface area contributed by atoms with Crippen molar-refractivity contribution in [2.24, 2.45) is 5.73 Å². The number of carbonyl (C=O) groups excluding carboxylic acids is 1. The van der Waals surface area contributed by atoms with Crippen LogP contribution in [0.25, 0.3) is 22.0 Å². The normalized spacial score (nSPS) is 12.3. The lowest BCUT2D eigenvalue weighted by atomic mass is 9.90. The predicted octanol–water partition coefficient (Wildman–Crippen LogP) is 3.78. The number of hydrogen-bond acceptors (Lipinski definition) is 3. The Bertz CT molecular complexity index is 1250. The number of aromatic nitrogens is 1. The standard InChI is InChI=1S/C23H27N3O3S/c1-6-30(28,29)26-23(4,5)18-9-7-8-16(12-18)19-11-10-17(13-20(24)27)22-21(19)14(2)15(3)25-22/h6-12,25-26H,1,13H2,2-5H3,(H2,24,27). The summed E-state index contributed by atoms with van der Waals surface area (Å²) in [6.45, 7) is 11.0. The first-order valence-corrected chi connectivity index (χ1v) is 11.2. The van der Waals surface area contributed by atoms with Crippen LogP contribution >= 0.6 is 0 Å². The summed E-state index contributed by atoms with van der Waals surface area (Å²) in [5.41, 5.74) is 11.3. The number of aryl methyl sites for hydroxylation is 2. The Kier molecular flexibility index (Phi) is 5.62. The van der Waals surface area contributed by atoms with E-state index in [-0.39, 0.29) is 12.3 Å². The molecule has 158 valence electrons. The average molecular weight is 426 g/mol. The number of amides is 1. The number of H-pyrrole nitrogens is 1. The molecule has 0 saturated carbocycles. The highest BCUT2D eigenvalue weighted by Gasteiger charge is 2.26. The highest BCUT2D eigenvalue weighted by molar-refractivity contribution is 7.92. The van der Waals surface area contributed by atoms with Crippen LogP contribution in [0, 0.1) is 13.8 Å². The first-order chi connectivity index (χ1) is 13.9. The Morgan fingerprint density at radius 1 is 1.23 bits per heavy atom. The topological polar surface area (TPSA) is 105 Å². The van der Waals surface area contributed by atoms with Gasteiger partial charge in [0.1, 0.15) is 0 Å². The van der Waals surface area contributed by atoms with Gasteiger partial charge in [-0.2, -0.15) is 0 Å². The monoisotopic (exact) mass is 425 g/mol. The number of rotatable bonds is 7. The summed E-state index contributed by atoms with van der Waals surface area (Å²) in [4.78, 5) is 14.9. The number of carbonyl (C=O) groups is 1. The van der Waals surface area contributed by atoms with Crippen molar-refractivity contribution in [1.82, 2.24) is 9.71 Å². The Balaban J connectivity index is 2.17. The predicted molar refractivity (Wildman–Crippen MR) is 121 cm³/mol. The zero-order chi connectivity index (χ0) is 22.3. The maximum Gasteiger partial charge on any atom is 0.233 e. The van der Waals surface area contributed by atoms with Gasteiger partial charge in [-0.15, -0.1) is 0 Å². The molecule has 0 fully saturated rings. The molecule has 6 nitrogen and oxygen atoms in total. The molecule has 0 radical (unpaired) electrons. The number of nitrogens with two attached hydrogens (primary N) is 1. The van der Waals surface area contributed by atoms with E-state index in [9.17, 15) is 13.2 Å². The molecular weight excluding hydrogens is 398 g/mol. The molecule has 4 N–H and O–H groups in total. The summed E-state index contributed by atoms with van der Waals surface area (Å²) >= 11 is 0. The van der Waals surface area contributed by atoms with Gasteiger partial charge >= 0.3 is 0 Å². The molecule has 1 amide bonds. The Morgan fingerprint density at radius 3 is 2.57 bits per heavy atom. The molecule has 1 heterocycles. The summed E-state index contributed by atoms with van der Waals surface area (Å²) < 4.78 is 26.7. The van der Waals surface area contributed by atoms with Crippen molar-refractivity contribution in [1.29, 1.82) is 0 Å². The van der Waals surface area contributed by atoms with E-state index in [1.165, 1.54) is 0 Å². The zero-order valence-corrected chi connectivity index (χ0v) is 18.5. The van der Waals surface area contributed by atoms with Crippen LogP contribution in [-0.2, 0) is 26.8 Å². The van der Waals surface area contributed by atoms with Gasteiger partial charge in [0.05, 0.1) is 17.5 Å². The van der Waals surface area contributed by atoms with Crippen LogP contribution in [-0.4, -0.2) is 19.3 Å². The van der Waals surface area contributed by atoms with Gasteiger partial charge in [0.25, 0.3) is 0 Å². The molecule has 0 unspecified atom stereocenters. The molecule has 0 bridgehead atoms. The molecule has 2 aromatic carbocycles. The van der Waals surface area contributed by atoms with E-state index in [2.05, 4.69) is 16.3 Å². The molecule has 7 heteroatoms. The smallest absolute Gasteiger partial charge is 0.233 e. The molecule has 0 spiro atoms. The zero-order valence-electron chi connectivity index (χ0n) is 17.7. The third-order valence-electron chi connectivity index (χ3n) is 5.42. The van der Waals surface area contributed by atoms with Crippen molar-refractivity contribution < 1.29 is 13.2 Å². The maximum absolute atomic E-state index is 12.0. The van der Waals surface area contributed by atoms with Crippen molar-refractivity contribution in [2.45, 2.75) is 39.7 Å². The lowest BCUT2D eigenvalue weighted by molar-refractivity contribution is -0.117. The molecule has 0 aliphatic carbocycles. The molecule has 3 rings (SSSR count). The Hall–Kier alpha value is -2.90. The van der Waals surface area contributed by atoms with Crippen LogP contribution in [0.4, 0.5) is 0 Å². The van der Waals surface area contributed by atoms with Crippen LogP contribution in [0.3, 0.4) is 0 Å². The van der Waals surface area contributed by atoms with E-state index in [1.54, 1.807) is 0 Å². The number of benzene rings is 2. The Labute approximate surface area is 177 Å². The second kappa shape index (κ2) is 7.74. The van der Waals surface area contributed by atoms with E-state index in [1.807, 2.05) is 64.1 Å². The minimum Gasteiger partial charge on any atom is -0.369 e. The maximum atomic E-state index is 12.0. The van der Waals surface area contributed by atoms with E-state index < -0.39 is 15.6 Å². The second-order valence-corrected chi connectivity index (χ2v) is 9.69. The van der Waals surface area contributed by atoms with Gasteiger partial charge in [-0.05, 0) is 61.6 Å². The molecular formula is C23H27N3O3S. The number of aromatic amines is 1. The lowest BCUT2D eigenvalue weighted by Gasteiger charge is -2.26. The summed E-state index contributed by atoms with van der Waals surface area (Å²) in [5, 5.41) is 1.94. The molecule has 1 aromatic heterocycles. The van der Waals surface area contributed by atoms with Crippen LogP contribution < -0.4 is 10.5 Å². The van der Waals surface area contributed by atoms with Gasteiger partial charge in [-0.25, -0.2) is 13.1 Å². The summed E-state index contributed by atoms with van der Waals surface area (Å²) in [6, 6.07) is 11.7. The Morgan fingerprint density at radius 2 is 1.93 bits per heavy atom. The molecule has 0 atom stereocenters. The summed E-state index contributed by atoms with van der Waals surface area (Å²) in [7, 11) is -3.59. The van der Waals surface area contributed by atoms with Gasteiger partial charge in [-0.1, -0.05) is 36.9 Å². The van der Waals surface area contributed by atoms with Gasteiger partial charge in [-0.3, -0.25) is 4.79 Å². The van der Waals surface area contributed by atoms with Crippen molar-refractivity contribution in [2.75, 3.05) is 0 Å². The molecule has 0 saturated heterocycles. The van der Waals surface area contributed by atoms with Crippen molar-refractivity contribution in [3.8, 4) is 11.1 Å². The van der Waals surface area contributed by atoms with Crippen molar-refractivity contribution >= 4 is 26.8 Å². The quantitative estimate of drug-likeness (QED) is 0.536. The minimum atomic E-state index is -3.59. The van der Waals surface area contributed by atoms with E-state index in [0.717, 1.165) is 49.8 Å². The van der Waals surface area contributed by atoms with Crippen LogP contribution in [0.5, 0.6) is 0 Å². The van der Waals surface area contributed by atoms with E-state index in [0.29, 0.717) is 0 Å². The van der Waals surface area contributed by atoms with Gasteiger partial charge in [0.2, 0.25) is 15.9 Å². The van der Waals surface area contributed by atoms with Crippen molar-refractivity contribution in [3.05, 3.63) is 70.8 Å². The molecule has 3 aromatic rings. The highest BCUT2D eigenvalue weighted by atomic mass is 32.2. The van der Waals surface area contributed by atoms with Crippen LogP contribution in [0.1, 0.15) is 36.2 Å². The van der Waals surface area contributed by atoms with E-state index in [4.69, 9.17) is 5.73 Å². The molecule has 0 aliphatic rings. The lowest BCUT2D eigenvalue weighted by Crippen LogP contribution is -2.39. The number of hydrogen-bond donors (Lipinski definition) is 3. The van der Waals surface area contributed by atoms with Crippen LogP contribution in [0.2, 0.25) is 0 Å². The summed E-state index contributed by atoms with van der Waals surface area (Å²) in [6.07, 6.45) is 0.159. The molecule has 0 aliphatic heterocycles. The third kappa shape index (κ3) is 4.17. The number of nitrogens with one attached hydrogen (secondary N) is 2.